The Hall–Kier alpha value is -2.09. The van der Waals surface area contributed by atoms with Gasteiger partial charge in [0.1, 0.15) is 11.8 Å². The van der Waals surface area contributed by atoms with Gasteiger partial charge in [-0.25, -0.2) is 4.98 Å². The van der Waals surface area contributed by atoms with Gasteiger partial charge in [-0.2, -0.15) is 0 Å². The summed E-state index contributed by atoms with van der Waals surface area (Å²) < 4.78 is 5.59. The second-order valence-corrected chi connectivity index (χ2v) is 6.52. The molecule has 1 N–H and O–H groups in total. The van der Waals surface area contributed by atoms with Crippen LogP contribution in [0, 0.1) is 0 Å². The van der Waals surface area contributed by atoms with Crippen molar-refractivity contribution in [1.29, 1.82) is 0 Å². The summed E-state index contributed by atoms with van der Waals surface area (Å²) in [5, 5.41) is 4.80. The minimum absolute atomic E-state index is 0.116. The molecule has 0 spiro atoms. The van der Waals surface area contributed by atoms with Crippen LogP contribution in [0.25, 0.3) is 0 Å². The number of thiazole rings is 1. The Bertz CT molecular complexity index is 717. The molecule has 0 aliphatic carbocycles. The second-order valence-electron chi connectivity index (χ2n) is 5.66. The van der Waals surface area contributed by atoms with E-state index in [9.17, 15) is 9.59 Å². The summed E-state index contributed by atoms with van der Waals surface area (Å²) in [6.07, 6.45) is -0.535. The van der Waals surface area contributed by atoms with Crippen molar-refractivity contribution in [2.45, 2.75) is 19.6 Å². The highest BCUT2D eigenvalue weighted by atomic mass is 32.1. The fraction of sp³-hybridized carbons (Fsp3) is 0.353. The fourth-order valence-electron chi connectivity index (χ4n) is 2.53. The molecule has 1 fully saturated rings. The number of carbonyl (C=O) groups is 2. The minimum Gasteiger partial charge on any atom is -0.366 e. The molecule has 7 heteroatoms. The third-order valence-corrected chi connectivity index (χ3v) is 4.54. The Morgan fingerprint density at radius 3 is 2.88 bits per heavy atom. The van der Waals surface area contributed by atoms with Crippen LogP contribution in [-0.2, 0) is 16.1 Å². The zero-order chi connectivity index (χ0) is 16.9. The van der Waals surface area contributed by atoms with Crippen LogP contribution in [0.2, 0.25) is 0 Å². The third-order valence-electron chi connectivity index (χ3n) is 3.79. The van der Waals surface area contributed by atoms with E-state index < -0.39 is 6.10 Å². The number of ketones is 1. The van der Waals surface area contributed by atoms with Gasteiger partial charge >= 0.3 is 0 Å². The van der Waals surface area contributed by atoms with Gasteiger partial charge in [0.2, 0.25) is 0 Å². The molecule has 1 aliphatic heterocycles. The van der Waals surface area contributed by atoms with E-state index in [1.807, 2.05) is 18.2 Å². The molecule has 24 heavy (non-hydrogen) atoms. The van der Waals surface area contributed by atoms with Crippen molar-refractivity contribution in [2.24, 2.45) is 0 Å². The van der Waals surface area contributed by atoms with Crippen LogP contribution in [-0.4, -0.2) is 47.4 Å². The summed E-state index contributed by atoms with van der Waals surface area (Å²) in [6, 6.07) is 10.2. The van der Waals surface area contributed by atoms with Gasteiger partial charge in [-0.1, -0.05) is 30.3 Å². The van der Waals surface area contributed by atoms with Gasteiger partial charge < -0.3 is 4.74 Å². The molecule has 1 aromatic carbocycles. The van der Waals surface area contributed by atoms with Gasteiger partial charge in [0, 0.05) is 31.9 Å². The summed E-state index contributed by atoms with van der Waals surface area (Å²) in [5.41, 5.74) is 1.58. The maximum atomic E-state index is 12.4. The number of hydrogen-bond donors (Lipinski definition) is 1. The van der Waals surface area contributed by atoms with E-state index >= 15 is 0 Å². The maximum absolute atomic E-state index is 12.4. The van der Waals surface area contributed by atoms with Crippen LogP contribution >= 0.6 is 11.3 Å². The van der Waals surface area contributed by atoms with Crippen molar-refractivity contribution in [2.75, 3.05) is 25.0 Å². The molecule has 2 heterocycles. The number of ether oxygens (including phenoxy) is 1. The SMILES string of the molecule is CC(=O)c1csc(NC(=O)[C@@H]2CN(Cc3ccccc3)CCO2)n1. The molecule has 3 rings (SSSR count). The predicted molar refractivity (Wildman–Crippen MR) is 92.2 cm³/mol. The fourth-order valence-corrected chi connectivity index (χ4v) is 3.28. The lowest BCUT2D eigenvalue weighted by molar-refractivity contribution is -0.133. The first-order valence-corrected chi connectivity index (χ1v) is 8.65. The average molecular weight is 345 g/mol. The van der Waals surface area contributed by atoms with Crippen LogP contribution in [0.4, 0.5) is 5.13 Å². The summed E-state index contributed by atoms with van der Waals surface area (Å²) in [4.78, 5) is 29.9. The highest BCUT2D eigenvalue weighted by Crippen LogP contribution is 2.17. The molecule has 1 atom stereocenters. The zero-order valence-corrected chi connectivity index (χ0v) is 14.2. The quantitative estimate of drug-likeness (QED) is 0.841. The molecule has 6 nitrogen and oxygen atoms in total. The van der Waals surface area contributed by atoms with Crippen molar-refractivity contribution >= 4 is 28.2 Å². The van der Waals surface area contributed by atoms with E-state index in [2.05, 4.69) is 27.3 Å². The van der Waals surface area contributed by atoms with Crippen molar-refractivity contribution in [3.8, 4) is 0 Å². The molecule has 1 saturated heterocycles. The lowest BCUT2D eigenvalue weighted by Crippen LogP contribution is -2.47. The first kappa shape index (κ1) is 16.8. The standard InChI is InChI=1S/C17H19N3O3S/c1-12(21)14-11-24-17(18-14)19-16(22)15-10-20(7-8-23-15)9-13-5-3-2-4-6-13/h2-6,11,15H,7-10H2,1H3,(H,18,19,22)/t15-/m0/s1. The highest BCUT2D eigenvalue weighted by molar-refractivity contribution is 7.14. The predicted octanol–water partition coefficient (Wildman–Crippen LogP) is 2.19. The van der Waals surface area contributed by atoms with E-state index in [1.165, 1.54) is 23.8 Å². The highest BCUT2D eigenvalue weighted by Gasteiger charge is 2.27. The summed E-state index contributed by atoms with van der Waals surface area (Å²) in [6.45, 7) is 4.09. The summed E-state index contributed by atoms with van der Waals surface area (Å²) >= 11 is 1.24. The molecule has 0 saturated carbocycles. The first-order chi connectivity index (χ1) is 11.6. The molecular formula is C17H19N3O3S. The lowest BCUT2D eigenvalue weighted by atomic mass is 10.2. The Morgan fingerprint density at radius 1 is 1.38 bits per heavy atom. The first-order valence-electron chi connectivity index (χ1n) is 7.77. The van der Waals surface area contributed by atoms with E-state index in [-0.39, 0.29) is 11.7 Å². The number of amides is 1. The largest absolute Gasteiger partial charge is 0.366 e. The van der Waals surface area contributed by atoms with Crippen molar-refractivity contribution in [3.63, 3.8) is 0 Å². The second kappa shape index (κ2) is 7.65. The maximum Gasteiger partial charge on any atom is 0.256 e. The number of anilines is 1. The lowest BCUT2D eigenvalue weighted by Gasteiger charge is -2.31. The number of nitrogens with one attached hydrogen (secondary N) is 1. The summed E-state index contributed by atoms with van der Waals surface area (Å²) in [5.74, 6) is -0.341. The van der Waals surface area contributed by atoms with Gasteiger partial charge in [0.15, 0.2) is 10.9 Å². The zero-order valence-electron chi connectivity index (χ0n) is 13.4. The smallest absolute Gasteiger partial charge is 0.256 e. The van der Waals surface area contributed by atoms with Crippen molar-refractivity contribution < 1.29 is 14.3 Å². The Kier molecular flexibility index (Phi) is 5.34. The Morgan fingerprint density at radius 2 is 2.17 bits per heavy atom. The number of Topliss-reactive ketones (excluding diaryl/α,β-unsaturated/α-hetero) is 1. The number of hydrogen-bond acceptors (Lipinski definition) is 6. The molecule has 0 radical (unpaired) electrons. The molecular weight excluding hydrogens is 326 g/mol. The Balaban J connectivity index is 1.57. The molecule has 1 aliphatic rings. The molecule has 1 amide bonds. The van der Waals surface area contributed by atoms with E-state index in [1.54, 1.807) is 5.38 Å². The van der Waals surface area contributed by atoms with Crippen molar-refractivity contribution in [3.05, 3.63) is 47.0 Å². The Labute approximate surface area is 144 Å². The van der Waals surface area contributed by atoms with Gasteiger partial charge in [0.25, 0.3) is 5.91 Å². The van der Waals surface area contributed by atoms with Gasteiger partial charge in [0.05, 0.1) is 6.61 Å². The molecule has 0 unspecified atom stereocenters. The molecule has 0 bridgehead atoms. The topological polar surface area (TPSA) is 71.5 Å². The minimum atomic E-state index is -0.535. The van der Waals surface area contributed by atoms with Crippen LogP contribution in [0.15, 0.2) is 35.7 Å². The van der Waals surface area contributed by atoms with Crippen LogP contribution < -0.4 is 5.32 Å². The number of aromatic nitrogens is 1. The summed E-state index contributed by atoms with van der Waals surface area (Å²) in [7, 11) is 0. The molecule has 1 aromatic heterocycles. The van der Waals surface area contributed by atoms with Gasteiger partial charge in [-0.05, 0) is 5.56 Å². The van der Waals surface area contributed by atoms with Crippen LogP contribution in [0.5, 0.6) is 0 Å². The normalized spacial score (nSPS) is 18.3. The molecule has 2 aromatic rings. The third kappa shape index (κ3) is 4.25. The molecule has 126 valence electrons. The average Bonchev–Trinajstić information content (AvgIpc) is 3.05. The van der Waals surface area contributed by atoms with E-state index in [0.717, 1.165) is 13.1 Å². The number of nitrogens with zero attached hydrogens (tertiary/aromatic N) is 2. The van der Waals surface area contributed by atoms with E-state index in [0.29, 0.717) is 24.0 Å². The van der Waals surface area contributed by atoms with E-state index in [4.69, 9.17) is 4.74 Å². The number of carbonyl (C=O) groups excluding carboxylic acids is 2. The van der Waals surface area contributed by atoms with Gasteiger partial charge in [-0.3, -0.25) is 19.8 Å². The monoisotopic (exact) mass is 345 g/mol. The van der Waals surface area contributed by atoms with Crippen LogP contribution in [0.3, 0.4) is 0 Å². The number of rotatable bonds is 5. The van der Waals surface area contributed by atoms with Crippen LogP contribution in [0.1, 0.15) is 23.0 Å². The van der Waals surface area contributed by atoms with Gasteiger partial charge in [-0.15, -0.1) is 11.3 Å². The number of benzene rings is 1. The number of morpholine rings is 1. The van der Waals surface area contributed by atoms with Crippen molar-refractivity contribution in [1.82, 2.24) is 9.88 Å².